The average molecular weight is 449 g/mol. The summed E-state index contributed by atoms with van der Waals surface area (Å²) in [7, 11) is 0. The molecule has 0 aliphatic heterocycles. The van der Waals surface area contributed by atoms with Gasteiger partial charge in [-0.2, -0.15) is 0 Å². The van der Waals surface area contributed by atoms with Gasteiger partial charge in [-0.15, -0.1) is 0 Å². The summed E-state index contributed by atoms with van der Waals surface area (Å²) >= 11 is 15.4. The molecule has 0 spiro atoms. The second kappa shape index (κ2) is 8.72. The highest BCUT2D eigenvalue weighted by Crippen LogP contribution is 2.27. The molecule has 0 bridgehead atoms. The van der Waals surface area contributed by atoms with Crippen molar-refractivity contribution in [3.63, 3.8) is 0 Å². The maximum Gasteiger partial charge on any atom is 0.165 e. The van der Waals surface area contributed by atoms with Gasteiger partial charge in [0.1, 0.15) is 0 Å². The Balaban J connectivity index is 1.84. The molecule has 0 saturated heterocycles. The fraction of sp³-hybridized carbons (Fsp3) is 0.0952. The Morgan fingerprint density at radius 2 is 1.38 bits per heavy atom. The SMILES string of the molecule is O=C(CC(Nc1ccc(Br)cc1)c1ccc(Cl)cc1)c1ccc(Cl)cc1. The van der Waals surface area contributed by atoms with E-state index in [2.05, 4.69) is 21.2 Å². The third-order valence-corrected chi connectivity index (χ3v) is 5.05. The van der Waals surface area contributed by atoms with Gasteiger partial charge < -0.3 is 5.32 Å². The Morgan fingerprint density at radius 3 is 1.96 bits per heavy atom. The van der Waals surface area contributed by atoms with Crippen molar-refractivity contribution >= 4 is 50.6 Å². The molecule has 3 rings (SSSR count). The van der Waals surface area contributed by atoms with Gasteiger partial charge in [-0.05, 0) is 66.2 Å². The van der Waals surface area contributed by atoms with Crippen molar-refractivity contribution in [1.82, 2.24) is 0 Å². The predicted octanol–water partition coefficient (Wildman–Crippen LogP) is 7.18. The lowest BCUT2D eigenvalue weighted by atomic mass is 9.97. The molecule has 0 amide bonds. The van der Waals surface area contributed by atoms with Crippen LogP contribution in [-0.4, -0.2) is 5.78 Å². The fourth-order valence-corrected chi connectivity index (χ4v) is 3.15. The molecule has 132 valence electrons. The molecule has 0 aliphatic rings. The van der Waals surface area contributed by atoms with Crippen LogP contribution in [0, 0.1) is 0 Å². The molecule has 0 saturated carbocycles. The zero-order valence-corrected chi connectivity index (χ0v) is 16.9. The minimum Gasteiger partial charge on any atom is -0.378 e. The standard InChI is InChI=1S/C21H16BrCl2NO/c22-16-5-11-19(12-6-16)25-20(14-1-7-17(23)8-2-14)13-21(26)15-3-9-18(24)10-4-15/h1-12,20,25H,13H2. The Bertz CT molecular complexity index is 877. The Morgan fingerprint density at radius 1 is 0.846 bits per heavy atom. The third-order valence-electron chi connectivity index (χ3n) is 4.01. The number of carbonyl (C=O) groups is 1. The van der Waals surface area contributed by atoms with Crippen LogP contribution in [0.3, 0.4) is 0 Å². The van der Waals surface area contributed by atoms with E-state index in [1.54, 1.807) is 24.3 Å². The summed E-state index contributed by atoms with van der Waals surface area (Å²) in [6, 6.07) is 22.2. The highest BCUT2D eigenvalue weighted by atomic mass is 79.9. The molecule has 0 fully saturated rings. The van der Waals surface area contributed by atoms with Crippen molar-refractivity contribution < 1.29 is 4.79 Å². The minimum atomic E-state index is -0.170. The molecular weight excluding hydrogens is 433 g/mol. The van der Waals surface area contributed by atoms with Gasteiger partial charge in [0.05, 0.1) is 6.04 Å². The largest absolute Gasteiger partial charge is 0.378 e. The molecule has 3 aromatic carbocycles. The second-order valence-electron chi connectivity index (χ2n) is 5.89. The smallest absolute Gasteiger partial charge is 0.165 e. The van der Waals surface area contributed by atoms with Gasteiger partial charge in [0.15, 0.2) is 5.78 Å². The Hall–Kier alpha value is -1.81. The zero-order valence-electron chi connectivity index (χ0n) is 13.8. The number of nitrogens with one attached hydrogen (secondary N) is 1. The summed E-state index contributed by atoms with van der Waals surface area (Å²) in [5.41, 5.74) is 2.59. The first-order valence-corrected chi connectivity index (χ1v) is 9.62. The van der Waals surface area contributed by atoms with E-state index in [0.717, 1.165) is 15.7 Å². The molecule has 5 heteroatoms. The molecule has 2 nitrogen and oxygen atoms in total. The van der Waals surface area contributed by atoms with E-state index in [0.29, 0.717) is 22.0 Å². The Kier molecular flexibility index (Phi) is 6.36. The maximum absolute atomic E-state index is 12.7. The van der Waals surface area contributed by atoms with E-state index in [1.165, 1.54) is 0 Å². The van der Waals surface area contributed by atoms with Crippen molar-refractivity contribution in [2.75, 3.05) is 5.32 Å². The van der Waals surface area contributed by atoms with Gasteiger partial charge in [0, 0.05) is 32.2 Å². The van der Waals surface area contributed by atoms with Crippen LogP contribution in [0.1, 0.15) is 28.4 Å². The van der Waals surface area contributed by atoms with Crippen LogP contribution in [0.25, 0.3) is 0 Å². The molecule has 26 heavy (non-hydrogen) atoms. The molecular formula is C21H16BrCl2NO. The minimum absolute atomic E-state index is 0.0474. The van der Waals surface area contributed by atoms with Crippen LogP contribution < -0.4 is 5.32 Å². The third kappa shape index (κ3) is 5.10. The summed E-state index contributed by atoms with van der Waals surface area (Å²) in [6.45, 7) is 0. The van der Waals surface area contributed by atoms with Crippen LogP contribution in [0.2, 0.25) is 10.0 Å². The number of halogens is 3. The number of hydrogen-bond donors (Lipinski definition) is 1. The van der Waals surface area contributed by atoms with Crippen molar-refractivity contribution in [3.8, 4) is 0 Å². The highest BCUT2D eigenvalue weighted by molar-refractivity contribution is 9.10. The van der Waals surface area contributed by atoms with Crippen molar-refractivity contribution in [1.29, 1.82) is 0 Å². The summed E-state index contributed by atoms with van der Waals surface area (Å²) in [5.74, 6) is 0.0474. The quantitative estimate of drug-likeness (QED) is 0.404. The molecule has 1 N–H and O–H groups in total. The molecule has 1 unspecified atom stereocenters. The van der Waals surface area contributed by atoms with Gasteiger partial charge in [-0.25, -0.2) is 0 Å². The lowest BCUT2D eigenvalue weighted by Crippen LogP contribution is -2.15. The van der Waals surface area contributed by atoms with Gasteiger partial charge >= 0.3 is 0 Å². The van der Waals surface area contributed by atoms with E-state index in [-0.39, 0.29) is 11.8 Å². The first-order valence-electron chi connectivity index (χ1n) is 8.07. The first kappa shape index (κ1) is 19.0. The second-order valence-corrected chi connectivity index (χ2v) is 7.68. The van der Waals surface area contributed by atoms with Gasteiger partial charge in [-0.1, -0.05) is 51.3 Å². The topological polar surface area (TPSA) is 29.1 Å². The lowest BCUT2D eigenvalue weighted by molar-refractivity contribution is 0.0976. The number of rotatable bonds is 6. The number of hydrogen-bond acceptors (Lipinski definition) is 2. The number of Topliss-reactive ketones (excluding diaryl/α,β-unsaturated/α-hetero) is 1. The molecule has 1 atom stereocenters. The van der Waals surface area contributed by atoms with Gasteiger partial charge in [-0.3, -0.25) is 4.79 Å². The number of carbonyl (C=O) groups excluding carboxylic acids is 1. The van der Waals surface area contributed by atoms with E-state index < -0.39 is 0 Å². The summed E-state index contributed by atoms with van der Waals surface area (Å²) < 4.78 is 1.00. The summed E-state index contributed by atoms with van der Waals surface area (Å²) in [4.78, 5) is 12.7. The first-order chi connectivity index (χ1) is 12.5. The van der Waals surface area contributed by atoms with Gasteiger partial charge in [0.25, 0.3) is 0 Å². The van der Waals surface area contributed by atoms with E-state index >= 15 is 0 Å². The monoisotopic (exact) mass is 447 g/mol. The highest BCUT2D eigenvalue weighted by Gasteiger charge is 2.17. The van der Waals surface area contributed by atoms with Crippen LogP contribution >= 0.6 is 39.1 Å². The zero-order chi connectivity index (χ0) is 18.5. The molecule has 0 aliphatic carbocycles. The van der Waals surface area contributed by atoms with Crippen LogP contribution in [0.4, 0.5) is 5.69 Å². The number of benzene rings is 3. The van der Waals surface area contributed by atoms with Crippen LogP contribution in [-0.2, 0) is 0 Å². The van der Waals surface area contributed by atoms with Crippen LogP contribution in [0.15, 0.2) is 77.3 Å². The van der Waals surface area contributed by atoms with Crippen LogP contribution in [0.5, 0.6) is 0 Å². The number of ketones is 1. The van der Waals surface area contributed by atoms with Crippen molar-refractivity contribution in [2.24, 2.45) is 0 Å². The average Bonchev–Trinajstić information content (AvgIpc) is 2.64. The summed E-state index contributed by atoms with van der Waals surface area (Å²) in [6.07, 6.45) is 0.319. The van der Waals surface area contributed by atoms with E-state index in [4.69, 9.17) is 23.2 Å². The van der Waals surface area contributed by atoms with E-state index in [9.17, 15) is 4.79 Å². The molecule has 0 heterocycles. The fourth-order valence-electron chi connectivity index (χ4n) is 2.63. The van der Waals surface area contributed by atoms with Crippen molar-refractivity contribution in [3.05, 3.63) is 98.4 Å². The normalized spacial score (nSPS) is 11.8. The lowest BCUT2D eigenvalue weighted by Gasteiger charge is -2.20. The predicted molar refractivity (Wildman–Crippen MR) is 112 cm³/mol. The van der Waals surface area contributed by atoms with Gasteiger partial charge in [0.2, 0.25) is 0 Å². The molecule has 3 aromatic rings. The molecule has 0 aromatic heterocycles. The summed E-state index contributed by atoms with van der Waals surface area (Å²) in [5, 5.41) is 4.72. The maximum atomic E-state index is 12.7. The van der Waals surface area contributed by atoms with Crippen molar-refractivity contribution in [2.45, 2.75) is 12.5 Å². The Labute approximate surface area is 171 Å². The van der Waals surface area contributed by atoms with E-state index in [1.807, 2.05) is 48.5 Å². The number of anilines is 1. The molecule has 0 radical (unpaired) electrons.